The average molecular weight is 383 g/mol. The van der Waals surface area contributed by atoms with Crippen molar-refractivity contribution in [1.82, 2.24) is 0 Å². The molecule has 0 aliphatic heterocycles. The second kappa shape index (κ2) is 8.14. The Kier molecular flexibility index (Phi) is 5.66. The van der Waals surface area contributed by atoms with E-state index in [-0.39, 0.29) is 0 Å². The molecule has 0 unspecified atom stereocenters. The van der Waals surface area contributed by atoms with Gasteiger partial charge in [0, 0.05) is 5.75 Å². The number of thiol groups is 2. The predicted molar refractivity (Wildman–Crippen MR) is 118 cm³/mol. The van der Waals surface area contributed by atoms with Crippen LogP contribution in [-0.2, 0) is 19.3 Å². The van der Waals surface area contributed by atoms with E-state index in [0.717, 1.165) is 42.9 Å². The maximum absolute atomic E-state index is 5.82. The van der Waals surface area contributed by atoms with Gasteiger partial charge in [-0.25, -0.2) is 0 Å². The lowest BCUT2D eigenvalue weighted by Crippen LogP contribution is -1.98. The van der Waals surface area contributed by atoms with Crippen LogP contribution in [0.3, 0.4) is 0 Å². The lowest BCUT2D eigenvalue weighted by atomic mass is 9.95. The highest BCUT2D eigenvalue weighted by molar-refractivity contribution is 7.80. The van der Waals surface area contributed by atoms with Crippen molar-refractivity contribution >= 4 is 36.4 Å². The first kappa shape index (κ1) is 18.1. The summed E-state index contributed by atoms with van der Waals surface area (Å²) in [6, 6.07) is 13.7. The number of fused-ring (bicyclic) bond motifs is 2. The van der Waals surface area contributed by atoms with Crippen molar-refractivity contribution in [2.45, 2.75) is 38.5 Å². The highest BCUT2D eigenvalue weighted by atomic mass is 32.1. The molecule has 0 heterocycles. The summed E-state index contributed by atoms with van der Waals surface area (Å²) >= 11 is 8.61. The molecule has 2 aliphatic rings. The Labute approximate surface area is 167 Å². The first-order valence-electron chi connectivity index (χ1n) is 9.62. The quantitative estimate of drug-likeness (QED) is 0.613. The molecule has 0 bridgehead atoms. The molecule has 0 spiro atoms. The minimum atomic E-state index is 0.658. The molecule has 3 heteroatoms. The van der Waals surface area contributed by atoms with E-state index >= 15 is 0 Å². The SMILES string of the molecule is SCCCc1ccc2c(c1)/C(=C1/CCc3ccc(OCCS)cc31)CC2. The van der Waals surface area contributed by atoms with E-state index in [4.69, 9.17) is 4.74 Å². The molecule has 0 N–H and O–H groups in total. The van der Waals surface area contributed by atoms with Crippen LogP contribution < -0.4 is 4.74 Å². The van der Waals surface area contributed by atoms with Crippen molar-refractivity contribution in [2.24, 2.45) is 0 Å². The summed E-state index contributed by atoms with van der Waals surface area (Å²) < 4.78 is 5.82. The molecular formula is C23H26OS2. The lowest BCUT2D eigenvalue weighted by Gasteiger charge is -2.11. The van der Waals surface area contributed by atoms with Crippen molar-refractivity contribution in [3.63, 3.8) is 0 Å². The van der Waals surface area contributed by atoms with E-state index in [9.17, 15) is 0 Å². The Hall–Kier alpha value is -1.32. The topological polar surface area (TPSA) is 9.23 Å². The summed E-state index contributed by atoms with van der Waals surface area (Å²) in [5, 5.41) is 0. The maximum Gasteiger partial charge on any atom is 0.119 e. The molecule has 2 aromatic carbocycles. The van der Waals surface area contributed by atoms with Gasteiger partial charge in [0.2, 0.25) is 0 Å². The molecule has 0 aromatic heterocycles. The van der Waals surface area contributed by atoms with E-state index in [1.807, 2.05) is 0 Å². The minimum absolute atomic E-state index is 0.658. The Morgan fingerprint density at radius 2 is 1.46 bits per heavy atom. The molecule has 26 heavy (non-hydrogen) atoms. The zero-order valence-electron chi connectivity index (χ0n) is 15.1. The van der Waals surface area contributed by atoms with Crippen LogP contribution in [0.25, 0.3) is 11.1 Å². The van der Waals surface area contributed by atoms with Gasteiger partial charge >= 0.3 is 0 Å². The van der Waals surface area contributed by atoms with Gasteiger partial charge in [0.25, 0.3) is 0 Å². The summed E-state index contributed by atoms with van der Waals surface area (Å²) in [5.41, 5.74) is 10.4. The molecule has 0 radical (unpaired) electrons. The van der Waals surface area contributed by atoms with Crippen LogP contribution in [0.1, 0.15) is 47.1 Å². The first-order valence-corrected chi connectivity index (χ1v) is 10.9. The predicted octanol–water partition coefficient (Wildman–Crippen LogP) is 5.66. The van der Waals surface area contributed by atoms with Crippen molar-refractivity contribution in [1.29, 1.82) is 0 Å². The summed E-state index contributed by atoms with van der Waals surface area (Å²) in [4.78, 5) is 0. The number of ether oxygens (including phenoxy) is 1. The second-order valence-corrected chi connectivity index (χ2v) is 8.06. The number of rotatable bonds is 6. The van der Waals surface area contributed by atoms with Crippen LogP contribution in [0, 0.1) is 0 Å². The smallest absolute Gasteiger partial charge is 0.119 e. The van der Waals surface area contributed by atoms with Gasteiger partial charge in [-0.3, -0.25) is 0 Å². The van der Waals surface area contributed by atoms with Crippen molar-refractivity contribution in [3.05, 3.63) is 64.2 Å². The van der Waals surface area contributed by atoms with Crippen LogP contribution in [-0.4, -0.2) is 18.1 Å². The molecule has 136 valence electrons. The first-order chi connectivity index (χ1) is 12.8. The second-order valence-electron chi connectivity index (χ2n) is 7.17. The summed E-state index contributed by atoms with van der Waals surface area (Å²) in [6.07, 6.45) is 6.91. The van der Waals surface area contributed by atoms with Crippen LogP contribution in [0.4, 0.5) is 0 Å². The van der Waals surface area contributed by atoms with Crippen molar-refractivity contribution in [2.75, 3.05) is 18.1 Å². The molecule has 4 rings (SSSR count). The van der Waals surface area contributed by atoms with Crippen LogP contribution in [0.5, 0.6) is 5.75 Å². The fourth-order valence-corrected chi connectivity index (χ4v) is 4.53. The normalized spacial score (nSPS) is 18.1. The number of aryl methyl sites for hydroxylation is 3. The highest BCUT2D eigenvalue weighted by Gasteiger charge is 2.25. The van der Waals surface area contributed by atoms with Gasteiger partial charge in [-0.1, -0.05) is 24.3 Å². The zero-order chi connectivity index (χ0) is 17.9. The fraction of sp³-hybridized carbons (Fsp3) is 0.391. The number of hydrogen-bond donors (Lipinski definition) is 2. The van der Waals surface area contributed by atoms with Crippen molar-refractivity contribution in [3.8, 4) is 5.75 Å². The van der Waals surface area contributed by atoms with Gasteiger partial charge in [0.05, 0.1) is 6.61 Å². The van der Waals surface area contributed by atoms with E-state index in [0.29, 0.717) is 6.61 Å². The van der Waals surface area contributed by atoms with Gasteiger partial charge in [0.1, 0.15) is 5.75 Å². The maximum atomic E-state index is 5.82. The molecule has 2 aromatic rings. The van der Waals surface area contributed by atoms with Gasteiger partial charge in [-0.05, 0) is 95.4 Å². The number of benzene rings is 2. The van der Waals surface area contributed by atoms with Gasteiger partial charge in [-0.2, -0.15) is 25.3 Å². The van der Waals surface area contributed by atoms with Gasteiger partial charge in [-0.15, -0.1) is 0 Å². The molecule has 0 fully saturated rings. The van der Waals surface area contributed by atoms with Gasteiger partial charge in [0.15, 0.2) is 0 Å². The zero-order valence-corrected chi connectivity index (χ0v) is 16.9. The largest absolute Gasteiger partial charge is 0.493 e. The fourth-order valence-electron chi connectivity index (χ4n) is 4.28. The molecule has 0 saturated heterocycles. The average Bonchev–Trinajstić information content (AvgIpc) is 3.27. The van der Waals surface area contributed by atoms with Crippen LogP contribution in [0.15, 0.2) is 36.4 Å². The third-order valence-electron chi connectivity index (χ3n) is 5.54. The number of hydrogen-bond acceptors (Lipinski definition) is 3. The summed E-state index contributed by atoms with van der Waals surface area (Å²) in [6.45, 7) is 0.658. The molecular weight excluding hydrogens is 356 g/mol. The monoisotopic (exact) mass is 382 g/mol. The van der Waals surface area contributed by atoms with E-state index < -0.39 is 0 Å². The Morgan fingerprint density at radius 1 is 0.769 bits per heavy atom. The van der Waals surface area contributed by atoms with E-state index in [2.05, 4.69) is 61.7 Å². The molecule has 0 amide bonds. The van der Waals surface area contributed by atoms with Crippen LogP contribution >= 0.6 is 25.3 Å². The summed E-state index contributed by atoms with van der Waals surface area (Å²) in [7, 11) is 0. The van der Waals surface area contributed by atoms with Crippen LogP contribution in [0.2, 0.25) is 0 Å². The van der Waals surface area contributed by atoms with E-state index in [1.165, 1.54) is 40.7 Å². The Morgan fingerprint density at radius 3 is 2.15 bits per heavy atom. The van der Waals surface area contributed by atoms with Crippen molar-refractivity contribution < 1.29 is 4.74 Å². The molecule has 0 atom stereocenters. The van der Waals surface area contributed by atoms with E-state index in [1.54, 1.807) is 11.1 Å². The summed E-state index contributed by atoms with van der Waals surface area (Å²) in [5.74, 6) is 2.67. The third-order valence-corrected chi connectivity index (χ3v) is 6.04. The molecule has 0 saturated carbocycles. The Balaban J connectivity index is 1.70. The Bertz CT molecular complexity index is 769. The minimum Gasteiger partial charge on any atom is -0.493 e. The molecule has 1 nitrogen and oxygen atoms in total. The standard InChI is InChI=1S/C23H26OS2/c25-12-1-2-16-3-4-17-6-9-20(22(17)14-16)21-10-7-18-5-8-19(15-23(18)21)24-11-13-26/h3-5,8,14-15,25-26H,1-2,6-7,9-13H2/b21-20-. The molecule has 2 aliphatic carbocycles. The number of allylic oxidation sites excluding steroid dienone is 2. The third kappa shape index (κ3) is 3.57. The highest BCUT2D eigenvalue weighted by Crippen LogP contribution is 2.44. The lowest BCUT2D eigenvalue weighted by molar-refractivity contribution is 0.344. The van der Waals surface area contributed by atoms with Gasteiger partial charge < -0.3 is 4.74 Å².